The van der Waals surface area contributed by atoms with Crippen LogP contribution in [0, 0.1) is 0 Å². The van der Waals surface area contributed by atoms with Crippen molar-refractivity contribution >= 4 is 5.91 Å². The van der Waals surface area contributed by atoms with E-state index >= 15 is 0 Å². The van der Waals surface area contributed by atoms with Crippen molar-refractivity contribution in [2.24, 2.45) is 0 Å². The highest BCUT2D eigenvalue weighted by molar-refractivity contribution is 5.76. The van der Waals surface area contributed by atoms with Crippen LogP contribution in [0.2, 0.25) is 0 Å². The summed E-state index contributed by atoms with van der Waals surface area (Å²) in [6, 6.07) is -0.744. The van der Waals surface area contributed by atoms with Crippen molar-refractivity contribution in [3.8, 4) is 0 Å². The van der Waals surface area contributed by atoms with Crippen molar-refractivity contribution in [2.75, 3.05) is 6.61 Å². The first-order valence-electron chi connectivity index (χ1n) is 22.1. The number of nitrogens with one attached hydrogen (secondary N) is 1. The van der Waals surface area contributed by atoms with E-state index in [0.29, 0.717) is 6.42 Å². The topological polar surface area (TPSA) is 89.8 Å². The van der Waals surface area contributed by atoms with Gasteiger partial charge in [-0.2, -0.15) is 0 Å². The SMILES string of the molecule is CCCCCC/C=C\CCCCCCCC(O)CC(=O)NC(CO)C(O)/C=C/CCCCCCCCCCCCCCCCCCCCCC. The van der Waals surface area contributed by atoms with Gasteiger partial charge in [0, 0.05) is 0 Å². The van der Waals surface area contributed by atoms with E-state index in [1.54, 1.807) is 6.08 Å². The minimum atomic E-state index is -0.929. The van der Waals surface area contributed by atoms with E-state index in [1.165, 1.54) is 167 Å². The van der Waals surface area contributed by atoms with Gasteiger partial charge in [0.05, 0.1) is 31.3 Å². The zero-order chi connectivity index (χ0) is 36.6. The minimum Gasteiger partial charge on any atom is -0.394 e. The number of allylic oxidation sites excluding steroid dienone is 3. The van der Waals surface area contributed by atoms with Gasteiger partial charge < -0.3 is 20.6 Å². The molecule has 50 heavy (non-hydrogen) atoms. The predicted octanol–water partition coefficient (Wildman–Crippen LogP) is 12.6. The Labute approximate surface area is 312 Å². The maximum Gasteiger partial charge on any atom is 0.222 e. The monoisotopic (exact) mass is 706 g/mol. The number of rotatable bonds is 40. The van der Waals surface area contributed by atoms with Gasteiger partial charge >= 0.3 is 0 Å². The maximum absolute atomic E-state index is 12.4. The number of aliphatic hydroxyl groups is 3. The molecule has 1 amide bonds. The Kier molecular flexibility index (Phi) is 39.6. The number of amides is 1. The summed E-state index contributed by atoms with van der Waals surface area (Å²) in [5.41, 5.74) is 0. The Bertz CT molecular complexity index is 739. The highest BCUT2D eigenvalue weighted by Gasteiger charge is 2.20. The van der Waals surface area contributed by atoms with Gasteiger partial charge in [0.1, 0.15) is 0 Å². The summed E-state index contributed by atoms with van der Waals surface area (Å²) in [7, 11) is 0. The molecular formula is C45H87NO4. The van der Waals surface area contributed by atoms with E-state index < -0.39 is 18.2 Å². The van der Waals surface area contributed by atoms with E-state index in [2.05, 4.69) is 31.3 Å². The van der Waals surface area contributed by atoms with Crippen LogP contribution < -0.4 is 5.32 Å². The molecule has 0 saturated carbocycles. The van der Waals surface area contributed by atoms with Gasteiger partial charge in [0.2, 0.25) is 5.91 Å². The van der Waals surface area contributed by atoms with Gasteiger partial charge in [-0.25, -0.2) is 0 Å². The van der Waals surface area contributed by atoms with Gasteiger partial charge in [0.25, 0.3) is 0 Å². The first kappa shape index (κ1) is 48.8. The standard InChI is InChI=1S/C45H87NO4/c1-3-5-7-9-11-13-15-17-18-19-20-21-22-23-24-25-27-29-31-33-35-37-39-44(49)43(41-47)46-45(50)40-42(48)38-36-34-32-30-28-26-16-14-12-10-8-6-4-2/h14,16,37,39,42-44,47-49H,3-13,15,17-36,38,40-41H2,1-2H3,(H,46,50)/b16-14-,39-37+. The van der Waals surface area contributed by atoms with Gasteiger partial charge in [-0.05, 0) is 44.9 Å². The normalized spacial score (nSPS) is 13.8. The van der Waals surface area contributed by atoms with Crippen LogP contribution in [-0.4, -0.2) is 46.1 Å². The highest BCUT2D eigenvalue weighted by Crippen LogP contribution is 2.16. The largest absolute Gasteiger partial charge is 0.394 e. The van der Waals surface area contributed by atoms with Crippen LogP contribution in [0.25, 0.3) is 0 Å². The molecule has 0 aliphatic rings. The third-order valence-electron chi connectivity index (χ3n) is 10.2. The third kappa shape index (κ3) is 36.6. The molecule has 0 radical (unpaired) electrons. The summed E-state index contributed by atoms with van der Waals surface area (Å²) in [6.45, 7) is 4.20. The van der Waals surface area contributed by atoms with E-state index in [9.17, 15) is 20.1 Å². The van der Waals surface area contributed by atoms with E-state index in [1.807, 2.05) is 6.08 Å². The van der Waals surface area contributed by atoms with Crippen molar-refractivity contribution in [1.82, 2.24) is 5.32 Å². The number of aliphatic hydroxyl groups excluding tert-OH is 3. The summed E-state index contributed by atoms with van der Waals surface area (Å²) in [5, 5.41) is 33.2. The van der Waals surface area contributed by atoms with Crippen LogP contribution in [0.5, 0.6) is 0 Å². The summed E-state index contributed by atoms with van der Waals surface area (Å²) in [4.78, 5) is 12.4. The average molecular weight is 706 g/mol. The molecular weight excluding hydrogens is 618 g/mol. The maximum atomic E-state index is 12.4. The molecule has 0 aliphatic heterocycles. The molecule has 0 fully saturated rings. The van der Waals surface area contributed by atoms with Crippen molar-refractivity contribution in [2.45, 2.75) is 250 Å². The van der Waals surface area contributed by atoms with E-state index in [-0.39, 0.29) is 18.9 Å². The second-order valence-corrected chi connectivity index (χ2v) is 15.3. The molecule has 0 aliphatic carbocycles. The zero-order valence-corrected chi connectivity index (χ0v) is 33.5. The quantitative estimate of drug-likeness (QED) is 0.0377. The molecule has 0 heterocycles. The average Bonchev–Trinajstić information content (AvgIpc) is 3.11. The molecule has 0 aromatic rings. The summed E-state index contributed by atoms with van der Waals surface area (Å²) >= 11 is 0. The molecule has 3 atom stereocenters. The van der Waals surface area contributed by atoms with E-state index in [4.69, 9.17) is 0 Å². The first-order valence-corrected chi connectivity index (χ1v) is 22.1. The van der Waals surface area contributed by atoms with Crippen LogP contribution in [0.15, 0.2) is 24.3 Å². The number of hydrogen-bond donors (Lipinski definition) is 4. The molecule has 0 rings (SSSR count). The number of unbranched alkanes of at least 4 members (excludes halogenated alkanes) is 29. The molecule has 0 spiro atoms. The molecule has 5 nitrogen and oxygen atoms in total. The van der Waals surface area contributed by atoms with Crippen molar-refractivity contribution in [1.29, 1.82) is 0 Å². The third-order valence-corrected chi connectivity index (χ3v) is 10.2. The molecule has 296 valence electrons. The van der Waals surface area contributed by atoms with Crippen molar-refractivity contribution < 1.29 is 20.1 Å². The van der Waals surface area contributed by atoms with Crippen molar-refractivity contribution in [3.05, 3.63) is 24.3 Å². The predicted molar refractivity (Wildman–Crippen MR) is 218 cm³/mol. The molecule has 0 bridgehead atoms. The lowest BCUT2D eigenvalue weighted by molar-refractivity contribution is -0.124. The van der Waals surface area contributed by atoms with Crippen LogP contribution in [0.1, 0.15) is 232 Å². The Hall–Kier alpha value is -1.17. The smallest absolute Gasteiger partial charge is 0.222 e. The Morgan fingerprint density at radius 1 is 0.500 bits per heavy atom. The minimum absolute atomic E-state index is 0.00931. The number of carbonyl (C=O) groups is 1. The van der Waals surface area contributed by atoms with E-state index in [0.717, 1.165) is 38.5 Å². The fourth-order valence-corrected chi connectivity index (χ4v) is 6.81. The van der Waals surface area contributed by atoms with Gasteiger partial charge in [-0.15, -0.1) is 0 Å². The number of carbonyl (C=O) groups excluding carboxylic acids is 1. The molecule has 0 aromatic carbocycles. The summed E-state index contributed by atoms with van der Waals surface area (Å²) in [6.07, 6.45) is 48.9. The molecule has 3 unspecified atom stereocenters. The van der Waals surface area contributed by atoms with Crippen LogP contribution in [-0.2, 0) is 4.79 Å². The van der Waals surface area contributed by atoms with Crippen LogP contribution in [0.4, 0.5) is 0 Å². The Balaban J connectivity index is 3.64. The summed E-state index contributed by atoms with van der Waals surface area (Å²) in [5.74, 6) is -0.320. The fraction of sp³-hybridized carbons (Fsp3) is 0.889. The molecule has 0 aromatic heterocycles. The number of hydrogen-bond acceptors (Lipinski definition) is 4. The molecule has 0 saturated heterocycles. The second kappa shape index (κ2) is 40.6. The lowest BCUT2D eigenvalue weighted by Crippen LogP contribution is -2.45. The highest BCUT2D eigenvalue weighted by atomic mass is 16.3. The summed E-state index contributed by atoms with van der Waals surface area (Å²) < 4.78 is 0. The lowest BCUT2D eigenvalue weighted by Gasteiger charge is -2.21. The van der Waals surface area contributed by atoms with Crippen LogP contribution >= 0.6 is 0 Å². The van der Waals surface area contributed by atoms with Crippen LogP contribution in [0.3, 0.4) is 0 Å². The second-order valence-electron chi connectivity index (χ2n) is 15.3. The van der Waals surface area contributed by atoms with Gasteiger partial charge in [-0.1, -0.05) is 205 Å². The zero-order valence-electron chi connectivity index (χ0n) is 33.5. The Morgan fingerprint density at radius 3 is 1.24 bits per heavy atom. The van der Waals surface area contributed by atoms with Gasteiger partial charge in [0.15, 0.2) is 0 Å². The Morgan fingerprint density at radius 2 is 0.840 bits per heavy atom. The lowest BCUT2D eigenvalue weighted by atomic mass is 10.0. The van der Waals surface area contributed by atoms with Crippen molar-refractivity contribution in [3.63, 3.8) is 0 Å². The molecule has 5 heteroatoms. The first-order chi connectivity index (χ1) is 24.5. The fourth-order valence-electron chi connectivity index (χ4n) is 6.81. The molecule has 4 N–H and O–H groups in total. The van der Waals surface area contributed by atoms with Gasteiger partial charge in [-0.3, -0.25) is 4.79 Å².